The minimum absolute atomic E-state index is 0.0524. The van der Waals surface area contributed by atoms with Crippen molar-refractivity contribution in [1.82, 2.24) is 14.9 Å². The van der Waals surface area contributed by atoms with Gasteiger partial charge in [-0.05, 0) is 37.4 Å². The third-order valence-corrected chi connectivity index (χ3v) is 5.01. The maximum absolute atomic E-state index is 12.8. The van der Waals surface area contributed by atoms with Crippen molar-refractivity contribution < 1.29 is 4.79 Å². The van der Waals surface area contributed by atoms with Crippen molar-refractivity contribution >= 4 is 28.6 Å². The van der Waals surface area contributed by atoms with Gasteiger partial charge < -0.3 is 4.90 Å². The van der Waals surface area contributed by atoms with Gasteiger partial charge in [0.15, 0.2) is 0 Å². The summed E-state index contributed by atoms with van der Waals surface area (Å²) in [5, 5.41) is 6.78. The Morgan fingerprint density at radius 1 is 1.26 bits per heavy atom. The van der Waals surface area contributed by atoms with Crippen LogP contribution in [0.25, 0.3) is 10.6 Å². The van der Waals surface area contributed by atoms with Gasteiger partial charge >= 0.3 is 0 Å². The molecule has 0 unspecified atom stereocenters. The van der Waals surface area contributed by atoms with E-state index < -0.39 is 0 Å². The van der Waals surface area contributed by atoms with Crippen molar-refractivity contribution in [1.29, 1.82) is 0 Å². The van der Waals surface area contributed by atoms with Crippen LogP contribution in [0.5, 0.6) is 0 Å². The maximum Gasteiger partial charge on any atom is 0.273 e. The van der Waals surface area contributed by atoms with E-state index >= 15 is 0 Å². The van der Waals surface area contributed by atoms with Gasteiger partial charge in [0.25, 0.3) is 5.91 Å². The highest BCUT2D eigenvalue weighted by atomic mass is 32.1. The molecule has 3 aromatic heterocycles. The van der Waals surface area contributed by atoms with Gasteiger partial charge in [0.2, 0.25) is 0 Å². The van der Waals surface area contributed by atoms with Gasteiger partial charge in [-0.3, -0.25) is 9.78 Å². The molecule has 0 radical (unpaired) electrons. The molecule has 0 bridgehead atoms. The third-order valence-electron chi connectivity index (χ3n) is 3.43. The lowest BCUT2D eigenvalue weighted by atomic mass is 10.2. The van der Waals surface area contributed by atoms with Crippen molar-refractivity contribution in [3.8, 4) is 10.6 Å². The second-order valence-electron chi connectivity index (χ2n) is 5.40. The molecule has 0 aliphatic carbocycles. The number of carbonyl (C=O) groups is 1. The molecule has 3 heterocycles. The van der Waals surface area contributed by atoms with Crippen LogP contribution in [-0.4, -0.2) is 26.8 Å². The SMILES string of the molecule is CC(C)N(Cc1ccccn1)C(=O)c1csc(-c2ccsc2)n1. The summed E-state index contributed by atoms with van der Waals surface area (Å²) in [6.45, 7) is 4.50. The van der Waals surface area contributed by atoms with Crippen LogP contribution in [0.2, 0.25) is 0 Å². The molecule has 118 valence electrons. The maximum atomic E-state index is 12.8. The van der Waals surface area contributed by atoms with Crippen LogP contribution in [0, 0.1) is 0 Å². The van der Waals surface area contributed by atoms with E-state index in [-0.39, 0.29) is 11.9 Å². The molecule has 0 fully saturated rings. The minimum atomic E-state index is -0.0524. The summed E-state index contributed by atoms with van der Waals surface area (Å²) >= 11 is 3.13. The van der Waals surface area contributed by atoms with Crippen molar-refractivity contribution in [2.24, 2.45) is 0 Å². The zero-order valence-corrected chi connectivity index (χ0v) is 14.6. The van der Waals surface area contributed by atoms with E-state index in [1.165, 1.54) is 11.3 Å². The number of nitrogens with zero attached hydrogens (tertiary/aromatic N) is 3. The van der Waals surface area contributed by atoms with Crippen LogP contribution >= 0.6 is 22.7 Å². The van der Waals surface area contributed by atoms with Crippen LogP contribution < -0.4 is 0 Å². The number of rotatable bonds is 5. The zero-order chi connectivity index (χ0) is 16.2. The van der Waals surface area contributed by atoms with E-state index in [9.17, 15) is 4.79 Å². The average Bonchev–Trinajstić information content (AvgIpc) is 3.23. The lowest BCUT2D eigenvalue weighted by Gasteiger charge is -2.25. The zero-order valence-electron chi connectivity index (χ0n) is 13.0. The van der Waals surface area contributed by atoms with Crippen molar-refractivity contribution in [2.45, 2.75) is 26.4 Å². The highest BCUT2D eigenvalue weighted by Gasteiger charge is 2.22. The van der Waals surface area contributed by atoms with Crippen molar-refractivity contribution in [3.05, 3.63) is 58.0 Å². The largest absolute Gasteiger partial charge is 0.329 e. The van der Waals surface area contributed by atoms with Crippen LogP contribution in [0.3, 0.4) is 0 Å². The Balaban J connectivity index is 1.81. The molecule has 3 aromatic rings. The number of hydrogen-bond donors (Lipinski definition) is 0. The van der Waals surface area contributed by atoms with Gasteiger partial charge in [-0.25, -0.2) is 4.98 Å². The topological polar surface area (TPSA) is 46.1 Å². The van der Waals surface area contributed by atoms with Crippen molar-refractivity contribution in [2.75, 3.05) is 0 Å². The fourth-order valence-corrected chi connectivity index (χ4v) is 3.70. The van der Waals surface area contributed by atoms with Crippen LogP contribution in [-0.2, 0) is 6.54 Å². The molecule has 1 amide bonds. The van der Waals surface area contributed by atoms with Gasteiger partial charge in [0.05, 0.1) is 12.2 Å². The van der Waals surface area contributed by atoms with Crippen LogP contribution in [0.15, 0.2) is 46.6 Å². The molecular formula is C17H17N3OS2. The predicted molar refractivity (Wildman–Crippen MR) is 94.7 cm³/mol. The fourth-order valence-electron chi connectivity index (χ4n) is 2.19. The molecule has 0 saturated carbocycles. The third kappa shape index (κ3) is 3.65. The summed E-state index contributed by atoms with van der Waals surface area (Å²) in [5.74, 6) is -0.0524. The summed E-state index contributed by atoms with van der Waals surface area (Å²) < 4.78 is 0. The first-order valence-electron chi connectivity index (χ1n) is 7.34. The molecule has 6 heteroatoms. The Kier molecular flexibility index (Phi) is 4.83. The smallest absolute Gasteiger partial charge is 0.273 e. The molecule has 0 N–H and O–H groups in total. The fraction of sp³-hybridized carbons (Fsp3) is 0.235. The van der Waals surface area contributed by atoms with E-state index in [0.29, 0.717) is 12.2 Å². The first kappa shape index (κ1) is 15.8. The Hall–Kier alpha value is -2.05. The molecule has 0 aliphatic heterocycles. The van der Waals surface area contributed by atoms with E-state index in [2.05, 4.69) is 9.97 Å². The molecule has 23 heavy (non-hydrogen) atoms. The van der Waals surface area contributed by atoms with Crippen LogP contribution in [0.1, 0.15) is 30.0 Å². The Bertz CT molecular complexity index is 766. The normalized spacial score (nSPS) is 10.9. The number of carbonyl (C=O) groups excluding carboxylic acids is 1. The lowest BCUT2D eigenvalue weighted by Crippen LogP contribution is -2.36. The van der Waals surface area contributed by atoms with Gasteiger partial charge in [-0.1, -0.05) is 6.07 Å². The highest BCUT2D eigenvalue weighted by Crippen LogP contribution is 2.26. The molecule has 0 saturated heterocycles. The quantitative estimate of drug-likeness (QED) is 0.693. The van der Waals surface area contributed by atoms with E-state index in [1.54, 1.807) is 22.4 Å². The monoisotopic (exact) mass is 343 g/mol. The van der Waals surface area contributed by atoms with E-state index in [1.807, 2.05) is 54.3 Å². The van der Waals surface area contributed by atoms with E-state index in [0.717, 1.165) is 16.3 Å². The number of aromatic nitrogens is 2. The highest BCUT2D eigenvalue weighted by molar-refractivity contribution is 7.14. The van der Waals surface area contributed by atoms with Gasteiger partial charge in [0.1, 0.15) is 10.7 Å². The molecule has 4 nitrogen and oxygen atoms in total. The number of thiazole rings is 1. The molecule has 0 aliphatic rings. The summed E-state index contributed by atoms with van der Waals surface area (Å²) in [6.07, 6.45) is 1.75. The van der Waals surface area contributed by atoms with Crippen molar-refractivity contribution in [3.63, 3.8) is 0 Å². The van der Waals surface area contributed by atoms with Gasteiger partial charge in [-0.15, -0.1) is 11.3 Å². The summed E-state index contributed by atoms with van der Waals surface area (Å²) in [6, 6.07) is 7.84. The van der Waals surface area contributed by atoms with Crippen LogP contribution in [0.4, 0.5) is 0 Å². The average molecular weight is 343 g/mol. The van der Waals surface area contributed by atoms with Gasteiger partial charge in [-0.2, -0.15) is 11.3 Å². The summed E-state index contributed by atoms with van der Waals surface area (Å²) in [4.78, 5) is 23.4. The molecule has 0 aromatic carbocycles. The van der Waals surface area contributed by atoms with E-state index in [4.69, 9.17) is 0 Å². The number of pyridine rings is 1. The Morgan fingerprint density at radius 2 is 2.13 bits per heavy atom. The number of amides is 1. The number of hydrogen-bond acceptors (Lipinski definition) is 5. The Morgan fingerprint density at radius 3 is 2.78 bits per heavy atom. The summed E-state index contributed by atoms with van der Waals surface area (Å²) in [5.41, 5.74) is 2.45. The lowest BCUT2D eigenvalue weighted by molar-refractivity contribution is 0.0682. The minimum Gasteiger partial charge on any atom is -0.329 e. The number of thiophene rings is 1. The molecule has 0 spiro atoms. The molecular weight excluding hydrogens is 326 g/mol. The first-order valence-corrected chi connectivity index (χ1v) is 9.16. The Labute approximate surface area is 143 Å². The second kappa shape index (κ2) is 7.02. The molecule has 3 rings (SSSR count). The van der Waals surface area contributed by atoms with Gasteiger partial charge in [0, 0.05) is 28.6 Å². The molecule has 0 atom stereocenters. The summed E-state index contributed by atoms with van der Waals surface area (Å²) in [7, 11) is 0. The first-order chi connectivity index (χ1) is 11.1. The predicted octanol–water partition coefficient (Wildman–Crippen LogP) is 4.32. The second-order valence-corrected chi connectivity index (χ2v) is 7.04. The standard InChI is InChI=1S/C17H17N3OS2/c1-12(2)20(9-14-5-3-4-7-18-14)17(21)15-11-23-16(19-15)13-6-8-22-10-13/h3-8,10-12H,9H2,1-2H3.